The maximum Gasteiger partial charge on any atom is 0.0460 e. The molecular weight excluding hydrogens is 296 g/mol. The number of rotatable bonds is 3. The lowest BCUT2D eigenvalue weighted by Crippen LogP contribution is -2.55. The summed E-state index contributed by atoms with van der Waals surface area (Å²) >= 11 is 0. The van der Waals surface area contributed by atoms with Crippen molar-refractivity contribution >= 4 is 0 Å². The number of nitrogens with zero attached hydrogens (tertiary/aromatic N) is 2. The molecule has 0 aromatic carbocycles. The van der Waals surface area contributed by atoms with Crippen LogP contribution in [0.15, 0.2) is 0 Å². The van der Waals surface area contributed by atoms with Gasteiger partial charge >= 0.3 is 0 Å². The highest BCUT2D eigenvalue weighted by atomic mass is 16.3. The summed E-state index contributed by atoms with van der Waals surface area (Å²) in [4.78, 5) is 5.58. The minimum absolute atomic E-state index is 0.386. The Morgan fingerprint density at radius 1 is 0.833 bits per heavy atom. The van der Waals surface area contributed by atoms with Gasteiger partial charge in [0.05, 0.1) is 0 Å². The highest BCUT2D eigenvalue weighted by Crippen LogP contribution is 2.47. The molecular formula is C21H40N2O. The van der Waals surface area contributed by atoms with Gasteiger partial charge in [0.1, 0.15) is 0 Å². The molecule has 3 heteroatoms. The van der Waals surface area contributed by atoms with Crippen molar-refractivity contribution < 1.29 is 5.11 Å². The summed E-state index contributed by atoms with van der Waals surface area (Å²) < 4.78 is 0. The average Bonchev–Trinajstić information content (AvgIpc) is 2.52. The molecule has 0 aromatic rings. The normalized spacial score (nSPS) is 33.6. The first-order valence-electron chi connectivity index (χ1n) is 10.4. The molecule has 1 aliphatic carbocycles. The van der Waals surface area contributed by atoms with E-state index in [2.05, 4.69) is 37.5 Å². The molecule has 3 rings (SSSR count). The summed E-state index contributed by atoms with van der Waals surface area (Å²) in [5.74, 6) is 0.556. The molecule has 0 amide bonds. The van der Waals surface area contributed by atoms with Gasteiger partial charge in [-0.15, -0.1) is 0 Å². The van der Waals surface area contributed by atoms with Crippen LogP contribution in [-0.2, 0) is 0 Å². The predicted octanol–water partition coefficient (Wildman–Crippen LogP) is 3.76. The van der Waals surface area contributed by atoms with Crippen LogP contribution in [0.3, 0.4) is 0 Å². The van der Waals surface area contributed by atoms with Crippen molar-refractivity contribution in [2.75, 3.05) is 32.8 Å². The van der Waals surface area contributed by atoms with Crippen LogP contribution in [-0.4, -0.2) is 59.8 Å². The van der Waals surface area contributed by atoms with Crippen LogP contribution in [0, 0.1) is 16.7 Å². The van der Waals surface area contributed by atoms with E-state index in [4.69, 9.17) is 0 Å². The lowest BCUT2D eigenvalue weighted by atomic mass is 9.63. The van der Waals surface area contributed by atoms with Gasteiger partial charge in [0.25, 0.3) is 0 Å². The molecule has 2 saturated heterocycles. The minimum Gasteiger partial charge on any atom is -0.396 e. The fourth-order valence-electron chi connectivity index (χ4n) is 6.16. The average molecular weight is 337 g/mol. The largest absolute Gasteiger partial charge is 0.396 e. The van der Waals surface area contributed by atoms with Crippen molar-refractivity contribution in [1.29, 1.82) is 0 Å². The van der Waals surface area contributed by atoms with Crippen molar-refractivity contribution in [2.45, 2.75) is 84.7 Å². The van der Waals surface area contributed by atoms with Crippen LogP contribution in [0.4, 0.5) is 0 Å². The molecule has 3 nitrogen and oxygen atoms in total. The van der Waals surface area contributed by atoms with E-state index >= 15 is 0 Å². The van der Waals surface area contributed by atoms with E-state index in [0.29, 0.717) is 23.4 Å². The Kier molecular flexibility index (Phi) is 5.64. The van der Waals surface area contributed by atoms with Crippen molar-refractivity contribution in [3.8, 4) is 0 Å². The molecule has 1 atom stereocenters. The predicted molar refractivity (Wildman–Crippen MR) is 101 cm³/mol. The van der Waals surface area contributed by atoms with E-state index in [1.165, 1.54) is 71.1 Å². The van der Waals surface area contributed by atoms with Crippen LogP contribution < -0.4 is 0 Å². The lowest BCUT2D eigenvalue weighted by Gasteiger charge is -2.51. The van der Waals surface area contributed by atoms with E-state index in [0.717, 1.165) is 12.1 Å². The number of piperidine rings is 2. The first-order valence-corrected chi connectivity index (χ1v) is 10.4. The molecule has 140 valence electrons. The molecule has 0 spiro atoms. The van der Waals surface area contributed by atoms with E-state index in [1.54, 1.807) is 0 Å². The molecule has 1 N–H and O–H groups in total. The van der Waals surface area contributed by atoms with Crippen molar-refractivity contribution in [3.05, 3.63) is 0 Å². The van der Waals surface area contributed by atoms with Gasteiger partial charge in [0.15, 0.2) is 0 Å². The maximum atomic E-state index is 9.37. The van der Waals surface area contributed by atoms with Gasteiger partial charge in [-0.3, -0.25) is 9.80 Å². The van der Waals surface area contributed by atoms with Gasteiger partial charge in [0, 0.05) is 25.2 Å². The number of hydrogen-bond donors (Lipinski definition) is 1. The van der Waals surface area contributed by atoms with Gasteiger partial charge in [-0.1, -0.05) is 27.7 Å². The first-order chi connectivity index (χ1) is 11.3. The van der Waals surface area contributed by atoms with Crippen LogP contribution in [0.1, 0.15) is 72.6 Å². The molecule has 2 heterocycles. The van der Waals surface area contributed by atoms with Crippen LogP contribution in [0.2, 0.25) is 0 Å². The molecule has 2 aliphatic heterocycles. The summed E-state index contributed by atoms with van der Waals surface area (Å²) in [7, 11) is 0. The number of likely N-dealkylation sites (tertiary alicyclic amines) is 2. The Morgan fingerprint density at radius 3 is 2.04 bits per heavy atom. The third kappa shape index (κ3) is 4.53. The number of aliphatic hydroxyl groups is 1. The van der Waals surface area contributed by atoms with Crippen LogP contribution in [0.5, 0.6) is 0 Å². The summed E-state index contributed by atoms with van der Waals surface area (Å²) in [6.45, 7) is 15.3. The second-order valence-corrected chi connectivity index (χ2v) is 10.5. The zero-order valence-electron chi connectivity index (χ0n) is 16.6. The monoisotopic (exact) mass is 336 g/mol. The standard InChI is InChI=1S/C21H40N2O/c1-20(2)12-19(13-21(3,4)16-20)23-9-5-6-18(14-23)22-10-7-17(15-24)8-11-22/h17-19,24H,5-16H2,1-4H3. The van der Waals surface area contributed by atoms with E-state index < -0.39 is 0 Å². The second-order valence-electron chi connectivity index (χ2n) is 10.5. The molecule has 3 aliphatic rings. The highest BCUT2D eigenvalue weighted by molar-refractivity contribution is 4.95. The van der Waals surface area contributed by atoms with Crippen molar-refractivity contribution in [1.82, 2.24) is 9.80 Å². The highest BCUT2D eigenvalue weighted by Gasteiger charge is 2.42. The fraction of sp³-hybridized carbons (Fsp3) is 1.00. The Balaban J connectivity index is 1.59. The Bertz CT molecular complexity index is 396. The zero-order valence-corrected chi connectivity index (χ0v) is 16.6. The molecule has 0 bridgehead atoms. The summed E-state index contributed by atoms with van der Waals surface area (Å²) in [5.41, 5.74) is 0.970. The van der Waals surface area contributed by atoms with Gasteiger partial charge in [-0.2, -0.15) is 0 Å². The van der Waals surface area contributed by atoms with Crippen LogP contribution in [0.25, 0.3) is 0 Å². The Hall–Kier alpha value is -0.120. The third-order valence-corrected chi connectivity index (χ3v) is 6.90. The van der Waals surface area contributed by atoms with E-state index in [9.17, 15) is 5.11 Å². The van der Waals surface area contributed by atoms with E-state index in [-0.39, 0.29) is 0 Å². The smallest absolute Gasteiger partial charge is 0.0460 e. The quantitative estimate of drug-likeness (QED) is 0.850. The van der Waals surface area contributed by atoms with E-state index in [1.807, 2.05) is 0 Å². The summed E-state index contributed by atoms with van der Waals surface area (Å²) in [6.07, 6.45) is 9.22. The molecule has 0 radical (unpaired) electrons. The van der Waals surface area contributed by atoms with Gasteiger partial charge in [0.2, 0.25) is 0 Å². The van der Waals surface area contributed by atoms with Gasteiger partial charge in [-0.05, 0) is 81.3 Å². The molecule has 1 saturated carbocycles. The Labute approximate surface area is 149 Å². The molecule has 3 fully saturated rings. The van der Waals surface area contributed by atoms with Crippen molar-refractivity contribution in [3.63, 3.8) is 0 Å². The van der Waals surface area contributed by atoms with Crippen LogP contribution >= 0.6 is 0 Å². The summed E-state index contributed by atoms with van der Waals surface area (Å²) in [5, 5.41) is 9.37. The number of hydrogen-bond acceptors (Lipinski definition) is 3. The summed E-state index contributed by atoms with van der Waals surface area (Å²) in [6, 6.07) is 1.54. The zero-order chi connectivity index (χ0) is 17.4. The maximum absolute atomic E-state index is 9.37. The molecule has 0 aromatic heterocycles. The topological polar surface area (TPSA) is 26.7 Å². The third-order valence-electron chi connectivity index (χ3n) is 6.90. The van der Waals surface area contributed by atoms with Crippen molar-refractivity contribution in [2.24, 2.45) is 16.7 Å². The van der Waals surface area contributed by atoms with Gasteiger partial charge < -0.3 is 5.11 Å². The molecule has 1 unspecified atom stereocenters. The first kappa shape index (κ1) is 18.7. The second kappa shape index (κ2) is 7.25. The number of aliphatic hydroxyl groups excluding tert-OH is 1. The SMILES string of the molecule is CC1(C)CC(N2CCCC(N3CCC(CO)CC3)C2)CC(C)(C)C1. The van der Waals surface area contributed by atoms with Gasteiger partial charge in [-0.25, -0.2) is 0 Å². The minimum atomic E-state index is 0.386. The molecule has 24 heavy (non-hydrogen) atoms. The fourth-order valence-corrected chi connectivity index (χ4v) is 6.16. The Morgan fingerprint density at radius 2 is 1.46 bits per heavy atom. The lowest BCUT2D eigenvalue weighted by molar-refractivity contribution is -0.0111.